The Morgan fingerprint density at radius 2 is 2.27 bits per heavy atom. The third-order valence-electron chi connectivity index (χ3n) is 2.81. The summed E-state index contributed by atoms with van der Waals surface area (Å²) in [6.45, 7) is 4.28. The van der Waals surface area contributed by atoms with Crippen LogP contribution >= 0.6 is 0 Å². The van der Waals surface area contributed by atoms with Gasteiger partial charge in [0.15, 0.2) is 0 Å². The molecule has 78 valence electrons. The lowest BCUT2D eigenvalue weighted by molar-refractivity contribution is 0.827. The molecule has 0 aliphatic carbocycles. The minimum absolute atomic E-state index is 1.08. The molecule has 0 unspecified atom stereocenters. The highest BCUT2D eigenvalue weighted by molar-refractivity contribution is 5.57. The molecule has 15 heavy (non-hydrogen) atoms. The van der Waals surface area contributed by atoms with Crippen molar-refractivity contribution in [2.24, 2.45) is 0 Å². The van der Waals surface area contributed by atoms with Crippen LogP contribution in [0.4, 0.5) is 5.69 Å². The standard InChI is InChI=1S/C14H17N/c1-2-3-4-7-11-15-12-10-13-8-5-6-9-14(13)15/h2,4-6,8-9H,7,10-12H2,1H3. The predicted molar refractivity (Wildman–Crippen MR) is 65.3 cm³/mol. The van der Waals surface area contributed by atoms with Crippen LogP contribution in [0.15, 0.2) is 42.1 Å². The Balaban J connectivity index is 1.99. The van der Waals surface area contributed by atoms with Gasteiger partial charge < -0.3 is 4.90 Å². The second-order valence-corrected chi connectivity index (χ2v) is 3.81. The van der Waals surface area contributed by atoms with Gasteiger partial charge in [0.25, 0.3) is 0 Å². The predicted octanol–water partition coefficient (Wildman–Crippen LogP) is 3.17. The first-order valence-electron chi connectivity index (χ1n) is 5.60. The van der Waals surface area contributed by atoms with Crippen LogP contribution in [0.3, 0.4) is 0 Å². The molecule has 1 heteroatoms. The fraction of sp³-hybridized carbons (Fsp3) is 0.357. The highest BCUT2D eigenvalue weighted by Crippen LogP contribution is 2.27. The van der Waals surface area contributed by atoms with Gasteiger partial charge in [0.05, 0.1) is 0 Å². The summed E-state index contributed by atoms with van der Waals surface area (Å²) in [6.07, 6.45) is 6.35. The van der Waals surface area contributed by atoms with Crippen molar-refractivity contribution < 1.29 is 0 Å². The molecule has 2 rings (SSSR count). The summed E-state index contributed by atoms with van der Waals surface area (Å²) in [6, 6.07) is 8.71. The number of rotatable bonds is 3. The molecule has 0 aromatic heterocycles. The molecule has 0 atom stereocenters. The number of hydrogen-bond donors (Lipinski definition) is 0. The van der Waals surface area contributed by atoms with Crippen molar-refractivity contribution in [3.05, 3.63) is 47.7 Å². The van der Waals surface area contributed by atoms with E-state index in [-0.39, 0.29) is 0 Å². The third kappa shape index (κ3) is 2.31. The third-order valence-corrected chi connectivity index (χ3v) is 2.81. The first kappa shape index (κ1) is 10.1. The van der Waals surface area contributed by atoms with Crippen molar-refractivity contribution in [2.75, 3.05) is 18.0 Å². The van der Waals surface area contributed by atoms with Crippen molar-refractivity contribution in [1.29, 1.82) is 0 Å². The normalized spacial score (nSPS) is 13.3. The van der Waals surface area contributed by atoms with E-state index in [1.54, 1.807) is 0 Å². The molecule has 0 saturated carbocycles. The fourth-order valence-corrected chi connectivity index (χ4v) is 2.06. The van der Waals surface area contributed by atoms with E-state index in [0.717, 1.165) is 13.0 Å². The van der Waals surface area contributed by atoms with Crippen molar-refractivity contribution in [1.82, 2.24) is 0 Å². The van der Waals surface area contributed by atoms with Crippen molar-refractivity contribution in [2.45, 2.75) is 19.8 Å². The molecule has 0 bridgehead atoms. The Morgan fingerprint density at radius 3 is 3.13 bits per heavy atom. The van der Waals surface area contributed by atoms with Gasteiger partial charge in [-0.15, -0.1) is 5.73 Å². The second-order valence-electron chi connectivity index (χ2n) is 3.81. The van der Waals surface area contributed by atoms with Gasteiger partial charge in [-0.25, -0.2) is 0 Å². The van der Waals surface area contributed by atoms with Crippen molar-refractivity contribution in [3.63, 3.8) is 0 Å². The van der Waals surface area contributed by atoms with Crippen LogP contribution in [0.2, 0.25) is 0 Å². The molecule has 0 spiro atoms. The minimum atomic E-state index is 1.08. The van der Waals surface area contributed by atoms with E-state index in [1.165, 1.54) is 24.2 Å². The summed E-state index contributed by atoms with van der Waals surface area (Å²) in [5.41, 5.74) is 6.04. The number of fused-ring (bicyclic) bond motifs is 1. The van der Waals surface area contributed by atoms with Gasteiger partial charge in [0.2, 0.25) is 0 Å². The Hall–Kier alpha value is -1.46. The van der Waals surface area contributed by atoms with Crippen LogP contribution in [0.5, 0.6) is 0 Å². The Kier molecular flexibility index (Phi) is 3.26. The van der Waals surface area contributed by atoms with Crippen LogP contribution in [0.1, 0.15) is 18.9 Å². The Labute approximate surface area is 91.7 Å². The molecular formula is C14H17N. The highest BCUT2D eigenvalue weighted by atomic mass is 15.1. The number of hydrogen-bond acceptors (Lipinski definition) is 1. The SMILES string of the molecule is CC=C=CCCN1CCc2ccccc21. The summed E-state index contributed by atoms with van der Waals surface area (Å²) in [5.74, 6) is 0. The summed E-state index contributed by atoms with van der Waals surface area (Å²) >= 11 is 0. The van der Waals surface area contributed by atoms with Gasteiger partial charge in [-0.2, -0.15) is 0 Å². The average Bonchev–Trinajstić information content (AvgIpc) is 2.68. The lowest BCUT2D eigenvalue weighted by atomic mass is 10.2. The second kappa shape index (κ2) is 4.86. The summed E-state index contributed by atoms with van der Waals surface area (Å²) in [4.78, 5) is 2.46. The monoisotopic (exact) mass is 199 g/mol. The molecule has 0 N–H and O–H groups in total. The van der Waals surface area contributed by atoms with Gasteiger partial charge in [0.1, 0.15) is 0 Å². The van der Waals surface area contributed by atoms with Gasteiger partial charge in [0, 0.05) is 18.8 Å². The first-order valence-corrected chi connectivity index (χ1v) is 5.60. The quantitative estimate of drug-likeness (QED) is 0.676. The van der Waals surface area contributed by atoms with Crippen LogP contribution < -0.4 is 4.90 Å². The topological polar surface area (TPSA) is 3.24 Å². The average molecular weight is 199 g/mol. The summed E-state index contributed by atoms with van der Waals surface area (Å²) < 4.78 is 0. The minimum Gasteiger partial charge on any atom is -0.371 e. The van der Waals surface area contributed by atoms with Gasteiger partial charge in [-0.05, 0) is 43.5 Å². The van der Waals surface area contributed by atoms with Crippen LogP contribution in [0, 0.1) is 0 Å². The molecule has 1 aliphatic heterocycles. The van der Waals surface area contributed by atoms with E-state index in [0.29, 0.717) is 0 Å². The molecule has 1 aromatic carbocycles. The fourth-order valence-electron chi connectivity index (χ4n) is 2.06. The molecule has 0 amide bonds. The molecule has 1 aromatic rings. The van der Waals surface area contributed by atoms with E-state index in [9.17, 15) is 0 Å². The van der Waals surface area contributed by atoms with Crippen LogP contribution in [-0.4, -0.2) is 13.1 Å². The lowest BCUT2D eigenvalue weighted by Crippen LogP contribution is -2.20. The molecular weight excluding hydrogens is 182 g/mol. The Bertz CT molecular complexity index is 386. The van der Waals surface area contributed by atoms with Gasteiger partial charge >= 0.3 is 0 Å². The summed E-state index contributed by atoms with van der Waals surface area (Å²) in [5, 5.41) is 0. The summed E-state index contributed by atoms with van der Waals surface area (Å²) in [7, 11) is 0. The van der Waals surface area contributed by atoms with Crippen LogP contribution in [-0.2, 0) is 6.42 Å². The zero-order valence-electron chi connectivity index (χ0n) is 9.24. The molecule has 0 fully saturated rings. The zero-order valence-corrected chi connectivity index (χ0v) is 9.24. The van der Waals surface area contributed by atoms with Crippen molar-refractivity contribution in [3.8, 4) is 0 Å². The van der Waals surface area contributed by atoms with Gasteiger partial charge in [-0.3, -0.25) is 0 Å². The van der Waals surface area contributed by atoms with Crippen LogP contribution in [0.25, 0.3) is 0 Å². The van der Waals surface area contributed by atoms with E-state index < -0.39 is 0 Å². The zero-order chi connectivity index (χ0) is 10.5. The van der Waals surface area contributed by atoms with E-state index in [1.807, 2.05) is 13.0 Å². The maximum atomic E-state index is 3.12. The molecule has 0 saturated heterocycles. The molecule has 1 heterocycles. The van der Waals surface area contributed by atoms with Gasteiger partial charge in [-0.1, -0.05) is 18.2 Å². The Morgan fingerprint density at radius 1 is 1.40 bits per heavy atom. The van der Waals surface area contributed by atoms with E-state index in [4.69, 9.17) is 0 Å². The van der Waals surface area contributed by atoms with E-state index in [2.05, 4.69) is 41.0 Å². The lowest BCUT2D eigenvalue weighted by Gasteiger charge is -2.17. The van der Waals surface area contributed by atoms with E-state index >= 15 is 0 Å². The number of nitrogens with zero attached hydrogens (tertiary/aromatic N) is 1. The maximum Gasteiger partial charge on any atom is 0.0399 e. The first-order chi connectivity index (χ1) is 7.42. The molecule has 1 nitrogen and oxygen atoms in total. The van der Waals surface area contributed by atoms with Crippen molar-refractivity contribution >= 4 is 5.69 Å². The highest BCUT2D eigenvalue weighted by Gasteiger charge is 2.16. The maximum absolute atomic E-state index is 3.12. The molecule has 0 radical (unpaired) electrons. The number of para-hydroxylation sites is 1. The number of anilines is 1. The molecule has 1 aliphatic rings. The largest absolute Gasteiger partial charge is 0.371 e. The number of benzene rings is 1. The smallest absolute Gasteiger partial charge is 0.0399 e.